The minimum absolute atomic E-state index is 0.131. The average molecular weight is 321 g/mol. The highest BCUT2D eigenvalue weighted by Gasteiger charge is 2.44. The Morgan fingerprint density at radius 3 is 2.45 bits per heavy atom. The van der Waals surface area contributed by atoms with Crippen molar-refractivity contribution in [2.75, 3.05) is 0 Å². The first-order valence-corrected chi connectivity index (χ1v) is 9.13. The zero-order chi connectivity index (χ0) is 16.2. The van der Waals surface area contributed by atoms with Gasteiger partial charge in [-0.05, 0) is 51.2 Å². The predicted octanol–water partition coefficient (Wildman–Crippen LogP) is 3.33. The Morgan fingerprint density at radius 2 is 1.95 bits per heavy atom. The fraction of sp³-hybridized carbons (Fsp3) is 0.471. The van der Waals surface area contributed by atoms with Gasteiger partial charge in [0.2, 0.25) is 5.91 Å². The summed E-state index contributed by atoms with van der Waals surface area (Å²) in [5.41, 5.74) is 0.464. The maximum Gasteiger partial charge on any atom is 0.264 e. The Bertz CT molecular complexity index is 643. The van der Waals surface area contributed by atoms with Gasteiger partial charge in [-0.15, -0.1) is 6.58 Å². The van der Waals surface area contributed by atoms with E-state index in [0.717, 1.165) is 37.7 Å². The van der Waals surface area contributed by atoms with Gasteiger partial charge in [-0.1, -0.05) is 30.2 Å². The van der Waals surface area contributed by atoms with E-state index >= 15 is 0 Å². The van der Waals surface area contributed by atoms with E-state index in [1.165, 1.54) is 12.1 Å². The molecular formula is C17H23NO3S. The molecule has 1 aliphatic carbocycles. The van der Waals surface area contributed by atoms with Crippen LogP contribution in [0.25, 0.3) is 0 Å². The number of carbonyl (C=O) groups is 1. The van der Waals surface area contributed by atoms with Crippen molar-refractivity contribution in [3.05, 3.63) is 42.5 Å². The number of nitrogens with one attached hydrogen (secondary N) is 1. The monoisotopic (exact) mass is 321 g/mol. The topological polar surface area (TPSA) is 63.2 Å². The van der Waals surface area contributed by atoms with Crippen LogP contribution in [-0.4, -0.2) is 14.3 Å². The minimum Gasteiger partial charge on any atom is -0.273 e. The lowest BCUT2D eigenvalue weighted by atomic mass is 9.65. The van der Waals surface area contributed by atoms with Crippen LogP contribution in [-0.2, 0) is 14.8 Å². The van der Waals surface area contributed by atoms with E-state index < -0.39 is 15.4 Å². The molecule has 0 unspecified atom stereocenters. The number of rotatable bonds is 7. The van der Waals surface area contributed by atoms with Crippen LogP contribution < -0.4 is 4.72 Å². The molecule has 1 aromatic rings. The van der Waals surface area contributed by atoms with Crippen LogP contribution in [0.15, 0.2) is 41.8 Å². The average Bonchev–Trinajstić information content (AvgIpc) is 2.41. The number of unbranched alkanes of at least 4 members (excludes halogenated alkanes) is 1. The second-order valence-electron chi connectivity index (χ2n) is 6.06. The molecule has 1 aromatic carbocycles. The third-order valence-corrected chi connectivity index (χ3v) is 5.76. The first-order chi connectivity index (χ1) is 10.4. The molecule has 4 nitrogen and oxygen atoms in total. The minimum atomic E-state index is -3.79. The fourth-order valence-electron chi connectivity index (χ4n) is 2.79. The SMILES string of the molecule is C=CCCCC1(C(=O)NS(=O)(=O)c2ccc(C)cc2)CCC1. The van der Waals surface area contributed by atoms with Crippen molar-refractivity contribution in [1.82, 2.24) is 4.72 Å². The lowest BCUT2D eigenvalue weighted by molar-refractivity contribution is -0.134. The number of carbonyl (C=O) groups excluding carboxylic acids is 1. The third kappa shape index (κ3) is 3.58. The molecule has 0 atom stereocenters. The van der Waals surface area contributed by atoms with E-state index in [1.54, 1.807) is 12.1 Å². The summed E-state index contributed by atoms with van der Waals surface area (Å²) in [6, 6.07) is 6.50. The van der Waals surface area contributed by atoms with Gasteiger partial charge >= 0.3 is 0 Å². The molecule has 5 heteroatoms. The van der Waals surface area contributed by atoms with Crippen LogP contribution in [0.2, 0.25) is 0 Å². The Morgan fingerprint density at radius 1 is 1.32 bits per heavy atom. The number of hydrogen-bond acceptors (Lipinski definition) is 3. The van der Waals surface area contributed by atoms with Crippen molar-refractivity contribution < 1.29 is 13.2 Å². The van der Waals surface area contributed by atoms with E-state index in [0.29, 0.717) is 6.42 Å². The number of amides is 1. The molecule has 120 valence electrons. The van der Waals surface area contributed by atoms with E-state index in [-0.39, 0.29) is 10.8 Å². The first kappa shape index (κ1) is 16.7. The first-order valence-electron chi connectivity index (χ1n) is 7.64. The largest absolute Gasteiger partial charge is 0.273 e. The van der Waals surface area contributed by atoms with Crippen molar-refractivity contribution in [3.8, 4) is 0 Å². The van der Waals surface area contributed by atoms with Gasteiger partial charge in [0.25, 0.3) is 10.0 Å². The van der Waals surface area contributed by atoms with Gasteiger partial charge in [-0.3, -0.25) is 4.79 Å². The number of allylic oxidation sites excluding steroid dienone is 1. The normalized spacial score (nSPS) is 16.6. The van der Waals surface area contributed by atoms with Gasteiger partial charge in [0.15, 0.2) is 0 Å². The molecular weight excluding hydrogens is 298 g/mol. The maximum absolute atomic E-state index is 12.5. The zero-order valence-electron chi connectivity index (χ0n) is 13.0. The molecule has 0 aromatic heterocycles. The van der Waals surface area contributed by atoms with Crippen molar-refractivity contribution in [3.63, 3.8) is 0 Å². The summed E-state index contributed by atoms with van der Waals surface area (Å²) < 4.78 is 26.9. The van der Waals surface area contributed by atoms with E-state index in [1.807, 2.05) is 13.0 Å². The molecule has 1 saturated carbocycles. The Hall–Kier alpha value is -1.62. The summed E-state index contributed by atoms with van der Waals surface area (Å²) in [4.78, 5) is 12.6. The number of benzene rings is 1. The van der Waals surface area contributed by atoms with Crippen molar-refractivity contribution in [1.29, 1.82) is 0 Å². The van der Waals surface area contributed by atoms with Crippen LogP contribution in [0.3, 0.4) is 0 Å². The number of aryl methyl sites for hydroxylation is 1. The maximum atomic E-state index is 12.5. The van der Waals surface area contributed by atoms with Gasteiger partial charge in [-0.25, -0.2) is 13.1 Å². The molecule has 0 bridgehead atoms. The van der Waals surface area contributed by atoms with Crippen LogP contribution in [0.5, 0.6) is 0 Å². The van der Waals surface area contributed by atoms with Gasteiger partial charge in [0.1, 0.15) is 0 Å². The smallest absolute Gasteiger partial charge is 0.264 e. The highest BCUT2D eigenvalue weighted by Crippen LogP contribution is 2.45. The van der Waals surface area contributed by atoms with E-state index in [4.69, 9.17) is 0 Å². The van der Waals surface area contributed by atoms with Crippen LogP contribution in [0, 0.1) is 12.3 Å². The summed E-state index contributed by atoms with van der Waals surface area (Å²) in [6.45, 7) is 5.57. The second-order valence-corrected chi connectivity index (χ2v) is 7.74. The molecule has 1 amide bonds. The standard InChI is InChI=1S/C17H23NO3S/c1-3-4-5-11-17(12-6-13-17)16(19)18-22(20,21)15-9-7-14(2)8-10-15/h3,7-10H,1,4-6,11-13H2,2H3,(H,18,19). The van der Waals surface area contributed by atoms with E-state index in [9.17, 15) is 13.2 Å². The molecule has 0 spiro atoms. The molecule has 0 saturated heterocycles. The van der Waals surface area contributed by atoms with Gasteiger partial charge < -0.3 is 0 Å². The zero-order valence-corrected chi connectivity index (χ0v) is 13.8. The summed E-state index contributed by atoms with van der Waals surface area (Å²) in [7, 11) is -3.79. The summed E-state index contributed by atoms with van der Waals surface area (Å²) in [5, 5.41) is 0. The van der Waals surface area contributed by atoms with Crippen molar-refractivity contribution in [2.45, 2.75) is 50.3 Å². The van der Waals surface area contributed by atoms with Crippen LogP contribution in [0.1, 0.15) is 44.1 Å². The summed E-state index contributed by atoms with van der Waals surface area (Å²) >= 11 is 0. The van der Waals surface area contributed by atoms with Crippen molar-refractivity contribution in [2.24, 2.45) is 5.41 Å². The number of hydrogen-bond donors (Lipinski definition) is 1. The summed E-state index contributed by atoms with van der Waals surface area (Å²) in [5.74, 6) is -0.358. The molecule has 22 heavy (non-hydrogen) atoms. The number of sulfonamides is 1. The Kier molecular flexibility index (Phi) is 5.06. The summed E-state index contributed by atoms with van der Waals surface area (Å²) in [6.07, 6.45) is 6.76. The molecule has 1 N–H and O–H groups in total. The van der Waals surface area contributed by atoms with Crippen LogP contribution in [0.4, 0.5) is 0 Å². The Balaban J connectivity index is 2.09. The third-order valence-electron chi connectivity index (χ3n) is 4.41. The lowest BCUT2D eigenvalue weighted by Gasteiger charge is -2.40. The highest BCUT2D eigenvalue weighted by molar-refractivity contribution is 7.90. The van der Waals surface area contributed by atoms with Gasteiger partial charge in [0.05, 0.1) is 10.3 Å². The van der Waals surface area contributed by atoms with E-state index in [2.05, 4.69) is 11.3 Å². The Labute approximate surface area is 132 Å². The highest BCUT2D eigenvalue weighted by atomic mass is 32.2. The quantitative estimate of drug-likeness (QED) is 0.619. The molecule has 0 radical (unpaired) electrons. The fourth-order valence-corrected chi connectivity index (χ4v) is 3.86. The molecule has 0 heterocycles. The molecule has 2 rings (SSSR count). The lowest BCUT2D eigenvalue weighted by Crippen LogP contribution is -2.47. The van der Waals surface area contributed by atoms with Gasteiger partial charge in [-0.2, -0.15) is 0 Å². The van der Waals surface area contributed by atoms with Gasteiger partial charge in [0, 0.05) is 0 Å². The second kappa shape index (κ2) is 6.65. The molecule has 1 fully saturated rings. The molecule has 0 aliphatic heterocycles. The van der Waals surface area contributed by atoms with Crippen LogP contribution >= 0.6 is 0 Å². The predicted molar refractivity (Wildman–Crippen MR) is 86.8 cm³/mol. The molecule has 1 aliphatic rings. The van der Waals surface area contributed by atoms with Crippen molar-refractivity contribution >= 4 is 15.9 Å².